The highest BCUT2D eigenvalue weighted by atomic mass is 32.9. The van der Waals surface area contributed by atoms with Crippen molar-refractivity contribution in [2.45, 2.75) is 36.9 Å². The molecule has 5 heteroatoms. The zero-order chi connectivity index (χ0) is 8.82. The lowest BCUT2D eigenvalue weighted by Crippen LogP contribution is -2.16. The third kappa shape index (κ3) is 1.88. The third-order valence-electron chi connectivity index (χ3n) is 2.99. The van der Waals surface area contributed by atoms with Crippen LogP contribution in [0.15, 0.2) is 0 Å². The fraction of sp³-hybridized carbons (Fsp3) is 1.00. The molecule has 0 aromatic heterocycles. The second-order valence-corrected chi connectivity index (χ2v) is 10.2. The van der Waals surface area contributed by atoms with Crippen LogP contribution in [0.3, 0.4) is 0 Å². The Kier molecular flexibility index (Phi) is 2.34. The number of rotatable bonds is 2. The molecule has 2 saturated carbocycles. The molecule has 0 heterocycles. The molecular weight excluding hydrogens is 211 g/mol. The second kappa shape index (κ2) is 2.96. The molecule has 0 amide bonds. The van der Waals surface area contributed by atoms with Crippen molar-refractivity contribution in [1.82, 2.24) is 0 Å². The van der Waals surface area contributed by atoms with E-state index in [1.54, 1.807) is 0 Å². The van der Waals surface area contributed by atoms with E-state index in [-0.39, 0.29) is 4.75 Å². The Morgan fingerprint density at radius 3 is 2.25 bits per heavy atom. The van der Waals surface area contributed by atoms with Gasteiger partial charge in [-0.25, -0.2) is 0 Å². The van der Waals surface area contributed by atoms with E-state index in [1.165, 1.54) is 24.2 Å². The Balaban J connectivity index is 2.08. The van der Waals surface area contributed by atoms with E-state index in [2.05, 4.69) is 11.8 Å². The Bertz CT molecular complexity index is 230. The first-order chi connectivity index (χ1) is 5.49. The molecule has 2 aliphatic rings. The van der Waals surface area contributed by atoms with Crippen molar-refractivity contribution in [2.75, 3.05) is 0 Å². The largest absolute Gasteiger partial charge is 0.338 e. The highest BCUT2D eigenvalue weighted by Crippen LogP contribution is 2.67. The van der Waals surface area contributed by atoms with Gasteiger partial charge in [-0.1, -0.05) is 11.4 Å². The zero-order valence-corrected chi connectivity index (χ0v) is 9.30. The summed E-state index contributed by atoms with van der Waals surface area (Å²) in [6.45, 7) is 0. The molecule has 2 bridgehead atoms. The van der Waals surface area contributed by atoms with Gasteiger partial charge in [-0.2, -0.15) is 0 Å². The highest BCUT2D eigenvalue weighted by Gasteiger charge is 2.47. The minimum absolute atomic E-state index is 0.156. The summed E-state index contributed by atoms with van der Waals surface area (Å²) in [4.78, 5) is 18.5. The van der Waals surface area contributed by atoms with Gasteiger partial charge in [-0.05, 0) is 49.8 Å². The summed E-state index contributed by atoms with van der Waals surface area (Å²) in [7, 11) is 0. The van der Waals surface area contributed by atoms with E-state index < -0.39 is 5.69 Å². The monoisotopic (exact) mass is 224 g/mol. The number of hydrogen-bond acceptors (Lipinski definition) is 2. The fourth-order valence-corrected chi connectivity index (χ4v) is 7.46. The lowest BCUT2D eigenvalue weighted by Gasteiger charge is -2.26. The molecule has 2 aliphatic carbocycles. The fourth-order valence-electron chi connectivity index (χ4n) is 2.52. The molecule has 2 rings (SSSR count). The summed E-state index contributed by atoms with van der Waals surface area (Å²) < 4.78 is 0.156. The van der Waals surface area contributed by atoms with E-state index in [1.807, 2.05) is 0 Å². The molecule has 2 N–H and O–H groups in total. The first-order valence-electron chi connectivity index (χ1n) is 4.25. The van der Waals surface area contributed by atoms with E-state index in [0.717, 1.165) is 25.2 Å². The van der Waals surface area contributed by atoms with Crippen LogP contribution in [0.2, 0.25) is 0 Å². The van der Waals surface area contributed by atoms with Crippen LogP contribution in [0.4, 0.5) is 0 Å². The van der Waals surface area contributed by atoms with Gasteiger partial charge >= 0.3 is 0 Å². The molecule has 2 fully saturated rings. The Labute approximate surface area is 81.7 Å². The van der Waals surface area contributed by atoms with Crippen molar-refractivity contribution >= 4 is 28.9 Å². The zero-order valence-electron chi connectivity index (χ0n) is 6.77. The van der Waals surface area contributed by atoms with Crippen molar-refractivity contribution in [2.24, 2.45) is 5.92 Å². The summed E-state index contributed by atoms with van der Waals surface area (Å²) in [5, 5.41) is 0. The Hall–Kier alpha value is 0.920. The van der Waals surface area contributed by atoms with Gasteiger partial charge in [-0.3, -0.25) is 0 Å². The smallest absolute Gasteiger partial charge is 0.242 e. The van der Waals surface area contributed by atoms with Crippen molar-refractivity contribution in [3.05, 3.63) is 0 Å². The molecule has 0 unspecified atom stereocenters. The Morgan fingerprint density at radius 1 is 1.33 bits per heavy atom. The quantitative estimate of drug-likeness (QED) is 0.706. The molecule has 0 aromatic carbocycles. The predicted octanol–water partition coefficient (Wildman–Crippen LogP) is 2.26. The second-order valence-electron chi connectivity index (χ2n) is 3.91. The van der Waals surface area contributed by atoms with Crippen LogP contribution >= 0.6 is 17.1 Å². The van der Waals surface area contributed by atoms with E-state index in [9.17, 15) is 9.79 Å². The van der Waals surface area contributed by atoms with Crippen LogP contribution in [0.25, 0.3) is 0 Å². The standard InChI is InChI=1S/C7H13O2PS2/c8-10(9,11)12-7-3-1-6(5-7)2-4-7/h6H,1-5H2,(H2,8,9,11). The summed E-state index contributed by atoms with van der Waals surface area (Å²) in [5.41, 5.74) is -3.02. The normalized spacial score (nSPS) is 40.7. The average Bonchev–Trinajstić information content (AvgIpc) is 2.40. The van der Waals surface area contributed by atoms with Gasteiger partial charge in [0.25, 0.3) is 0 Å². The van der Waals surface area contributed by atoms with Crippen LogP contribution in [0, 0.1) is 5.92 Å². The molecule has 70 valence electrons. The molecule has 0 aromatic rings. The van der Waals surface area contributed by atoms with Crippen molar-refractivity contribution in [3.63, 3.8) is 0 Å². The maximum Gasteiger partial charge on any atom is 0.242 e. The van der Waals surface area contributed by atoms with Gasteiger partial charge in [0.1, 0.15) is 0 Å². The van der Waals surface area contributed by atoms with Gasteiger partial charge in [0.15, 0.2) is 0 Å². The van der Waals surface area contributed by atoms with Crippen LogP contribution in [-0.2, 0) is 11.8 Å². The average molecular weight is 224 g/mol. The predicted molar refractivity (Wildman–Crippen MR) is 55.6 cm³/mol. The van der Waals surface area contributed by atoms with Crippen LogP contribution in [0.5, 0.6) is 0 Å². The van der Waals surface area contributed by atoms with Crippen LogP contribution in [0.1, 0.15) is 32.1 Å². The first kappa shape index (κ1) is 9.47. The lowest BCUT2D eigenvalue weighted by atomic mass is 10.0. The number of hydrogen-bond donors (Lipinski definition) is 2. The van der Waals surface area contributed by atoms with E-state index >= 15 is 0 Å². The van der Waals surface area contributed by atoms with Crippen molar-refractivity contribution < 1.29 is 9.79 Å². The maximum atomic E-state index is 9.24. The summed E-state index contributed by atoms with van der Waals surface area (Å²) in [6, 6.07) is 0. The third-order valence-corrected chi connectivity index (χ3v) is 6.74. The van der Waals surface area contributed by atoms with Gasteiger partial charge in [0.2, 0.25) is 5.69 Å². The van der Waals surface area contributed by atoms with Gasteiger partial charge in [0, 0.05) is 4.75 Å². The SMILES string of the molecule is OP(O)(=S)SC12CCC(CC1)C2. The van der Waals surface area contributed by atoms with Gasteiger partial charge < -0.3 is 9.79 Å². The maximum absolute atomic E-state index is 9.24. The lowest BCUT2D eigenvalue weighted by molar-refractivity contribution is 0.491. The van der Waals surface area contributed by atoms with Crippen LogP contribution in [-0.4, -0.2) is 14.5 Å². The summed E-state index contributed by atoms with van der Waals surface area (Å²) in [6.07, 6.45) is 5.98. The Morgan fingerprint density at radius 2 is 1.92 bits per heavy atom. The molecule has 2 nitrogen and oxygen atoms in total. The topological polar surface area (TPSA) is 40.5 Å². The minimum Gasteiger partial charge on any atom is -0.338 e. The molecule has 0 radical (unpaired) electrons. The van der Waals surface area contributed by atoms with Crippen molar-refractivity contribution in [3.8, 4) is 0 Å². The molecular formula is C7H13O2PS2. The summed E-state index contributed by atoms with van der Waals surface area (Å²) >= 11 is 5.95. The highest BCUT2D eigenvalue weighted by molar-refractivity contribution is 8.67. The molecule has 0 atom stereocenters. The van der Waals surface area contributed by atoms with Crippen LogP contribution < -0.4 is 0 Å². The molecule has 0 aliphatic heterocycles. The molecule has 0 saturated heterocycles. The molecule has 0 spiro atoms. The van der Waals surface area contributed by atoms with Gasteiger partial charge in [-0.15, -0.1) is 0 Å². The number of fused-ring (bicyclic) bond motifs is 2. The van der Waals surface area contributed by atoms with Crippen molar-refractivity contribution in [1.29, 1.82) is 0 Å². The van der Waals surface area contributed by atoms with E-state index in [0.29, 0.717) is 0 Å². The van der Waals surface area contributed by atoms with E-state index in [4.69, 9.17) is 0 Å². The summed E-state index contributed by atoms with van der Waals surface area (Å²) in [5.74, 6) is 0.846. The van der Waals surface area contributed by atoms with Gasteiger partial charge in [0.05, 0.1) is 0 Å². The minimum atomic E-state index is -3.02. The molecule has 12 heavy (non-hydrogen) atoms. The first-order valence-corrected chi connectivity index (χ1v) is 8.38.